The highest BCUT2D eigenvalue weighted by molar-refractivity contribution is 5.51. The van der Waals surface area contributed by atoms with E-state index in [0.29, 0.717) is 12.6 Å². The highest BCUT2D eigenvalue weighted by atomic mass is 15.3. The molecule has 1 aliphatic rings. The number of hydrogen-bond donors (Lipinski definition) is 1. The average Bonchev–Trinajstić information content (AvgIpc) is 2.91. The SMILES string of the molecule is Cc1nn2ccn(C3CCCC3)c2c1CN. The lowest BCUT2D eigenvalue weighted by Gasteiger charge is -2.12. The van der Waals surface area contributed by atoms with Gasteiger partial charge in [0.1, 0.15) is 5.65 Å². The van der Waals surface area contributed by atoms with Gasteiger partial charge < -0.3 is 10.3 Å². The fourth-order valence-electron chi connectivity index (χ4n) is 2.87. The average molecular weight is 218 g/mol. The van der Waals surface area contributed by atoms with Crippen molar-refractivity contribution in [2.24, 2.45) is 5.73 Å². The van der Waals surface area contributed by atoms with E-state index in [1.54, 1.807) is 0 Å². The lowest BCUT2D eigenvalue weighted by molar-refractivity contribution is 0.532. The Kier molecular flexibility index (Phi) is 2.24. The van der Waals surface area contributed by atoms with Crippen LogP contribution in [0.5, 0.6) is 0 Å². The molecule has 0 saturated heterocycles. The van der Waals surface area contributed by atoms with E-state index in [2.05, 4.69) is 15.9 Å². The Morgan fingerprint density at radius 3 is 2.81 bits per heavy atom. The molecule has 3 rings (SSSR count). The summed E-state index contributed by atoms with van der Waals surface area (Å²) in [6.07, 6.45) is 9.47. The molecule has 2 aromatic heterocycles. The molecule has 0 aromatic carbocycles. The summed E-state index contributed by atoms with van der Waals surface area (Å²) in [7, 11) is 0. The maximum atomic E-state index is 5.82. The van der Waals surface area contributed by atoms with Crippen LogP contribution in [0.1, 0.15) is 43.0 Å². The fraction of sp³-hybridized carbons (Fsp3) is 0.583. The van der Waals surface area contributed by atoms with Crippen molar-refractivity contribution in [3.05, 3.63) is 23.7 Å². The predicted octanol–water partition coefficient (Wildman–Crippen LogP) is 2.02. The molecule has 4 nitrogen and oxygen atoms in total. The summed E-state index contributed by atoms with van der Waals surface area (Å²) >= 11 is 0. The lowest BCUT2D eigenvalue weighted by Crippen LogP contribution is -2.06. The Labute approximate surface area is 95.0 Å². The second-order valence-electron chi connectivity index (χ2n) is 4.68. The number of nitrogens with two attached hydrogens (primary N) is 1. The van der Waals surface area contributed by atoms with Crippen molar-refractivity contribution in [1.82, 2.24) is 14.2 Å². The smallest absolute Gasteiger partial charge is 0.140 e. The monoisotopic (exact) mass is 218 g/mol. The van der Waals surface area contributed by atoms with Gasteiger partial charge >= 0.3 is 0 Å². The summed E-state index contributed by atoms with van der Waals surface area (Å²) < 4.78 is 4.34. The summed E-state index contributed by atoms with van der Waals surface area (Å²) in [5.74, 6) is 0. The minimum atomic E-state index is 0.575. The highest BCUT2D eigenvalue weighted by Crippen LogP contribution is 2.32. The molecule has 0 atom stereocenters. The first-order valence-electron chi connectivity index (χ1n) is 6.06. The maximum absolute atomic E-state index is 5.82. The molecule has 0 bridgehead atoms. The van der Waals surface area contributed by atoms with E-state index in [1.165, 1.54) is 36.9 Å². The zero-order valence-corrected chi connectivity index (χ0v) is 9.69. The standard InChI is InChI=1S/C12H18N4/c1-9-11(8-13)12-15(6-7-16(12)14-9)10-4-2-3-5-10/h6-7,10H,2-5,8,13H2,1H3. The van der Waals surface area contributed by atoms with E-state index >= 15 is 0 Å². The van der Waals surface area contributed by atoms with Gasteiger partial charge in [0.25, 0.3) is 0 Å². The molecule has 0 radical (unpaired) electrons. The van der Waals surface area contributed by atoms with Crippen LogP contribution in [0.2, 0.25) is 0 Å². The number of aryl methyl sites for hydroxylation is 1. The number of aromatic nitrogens is 3. The van der Waals surface area contributed by atoms with Crippen LogP contribution in [0.4, 0.5) is 0 Å². The molecular formula is C12H18N4. The van der Waals surface area contributed by atoms with Gasteiger partial charge in [-0.15, -0.1) is 0 Å². The van der Waals surface area contributed by atoms with Crippen LogP contribution in [0.15, 0.2) is 12.4 Å². The van der Waals surface area contributed by atoms with Gasteiger partial charge in [-0.2, -0.15) is 5.10 Å². The molecule has 1 saturated carbocycles. The van der Waals surface area contributed by atoms with Crippen molar-refractivity contribution in [2.75, 3.05) is 0 Å². The highest BCUT2D eigenvalue weighted by Gasteiger charge is 2.21. The van der Waals surface area contributed by atoms with Crippen molar-refractivity contribution < 1.29 is 0 Å². The van der Waals surface area contributed by atoms with Crippen LogP contribution in [0.3, 0.4) is 0 Å². The van der Waals surface area contributed by atoms with Crippen molar-refractivity contribution in [1.29, 1.82) is 0 Å². The molecule has 2 aromatic rings. The second kappa shape index (κ2) is 3.63. The predicted molar refractivity (Wildman–Crippen MR) is 63.3 cm³/mol. The van der Waals surface area contributed by atoms with Crippen LogP contribution in [-0.2, 0) is 6.54 Å². The maximum Gasteiger partial charge on any atom is 0.140 e. The van der Waals surface area contributed by atoms with Gasteiger partial charge in [-0.05, 0) is 19.8 Å². The van der Waals surface area contributed by atoms with E-state index < -0.39 is 0 Å². The van der Waals surface area contributed by atoms with Gasteiger partial charge in [-0.25, -0.2) is 4.52 Å². The Hall–Kier alpha value is -1.29. The van der Waals surface area contributed by atoms with Gasteiger partial charge in [-0.3, -0.25) is 0 Å². The third-order valence-corrected chi connectivity index (χ3v) is 3.72. The first-order chi connectivity index (χ1) is 7.81. The molecule has 2 N–H and O–H groups in total. The largest absolute Gasteiger partial charge is 0.328 e. The summed E-state index contributed by atoms with van der Waals surface area (Å²) in [5, 5.41) is 4.49. The van der Waals surface area contributed by atoms with Gasteiger partial charge in [-0.1, -0.05) is 12.8 Å². The Morgan fingerprint density at radius 2 is 2.12 bits per heavy atom. The summed E-state index contributed by atoms with van der Waals surface area (Å²) in [4.78, 5) is 0. The lowest BCUT2D eigenvalue weighted by atomic mass is 10.2. The van der Waals surface area contributed by atoms with Crippen LogP contribution in [0, 0.1) is 6.92 Å². The molecular weight excluding hydrogens is 200 g/mol. The van der Waals surface area contributed by atoms with E-state index in [4.69, 9.17) is 5.73 Å². The zero-order chi connectivity index (χ0) is 11.1. The van der Waals surface area contributed by atoms with Gasteiger partial charge in [0.05, 0.1) is 5.69 Å². The minimum absolute atomic E-state index is 0.575. The van der Waals surface area contributed by atoms with E-state index in [-0.39, 0.29) is 0 Å². The number of rotatable bonds is 2. The first-order valence-corrected chi connectivity index (χ1v) is 6.06. The third kappa shape index (κ3) is 1.29. The van der Waals surface area contributed by atoms with Crippen molar-refractivity contribution >= 4 is 5.65 Å². The number of nitrogens with zero attached hydrogens (tertiary/aromatic N) is 3. The summed E-state index contributed by atoms with van der Waals surface area (Å²) in [6, 6.07) is 0.652. The molecule has 0 spiro atoms. The molecule has 16 heavy (non-hydrogen) atoms. The van der Waals surface area contributed by atoms with E-state index in [9.17, 15) is 0 Å². The van der Waals surface area contributed by atoms with Gasteiger partial charge in [0, 0.05) is 30.5 Å². The Bertz CT molecular complexity index is 502. The zero-order valence-electron chi connectivity index (χ0n) is 9.69. The van der Waals surface area contributed by atoms with Crippen LogP contribution < -0.4 is 5.73 Å². The molecule has 4 heteroatoms. The van der Waals surface area contributed by atoms with Gasteiger partial charge in [0.2, 0.25) is 0 Å². The Balaban J connectivity index is 2.16. The minimum Gasteiger partial charge on any atom is -0.328 e. The van der Waals surface area contributed by atoms with E-state index in [1.807, 2.05) is 17.6 Å². The van der Waals surface area contributed by atoms with Crippen molar-refractivity contribution in [2.45, 2.75) is 45.2 Å². The van der Waals surface area contributed by atoms with Crippen molar-refractivity contribution in [3.8, 4) is 0 Å². The molecule has 1 aliphatic carbocycles. The molecule has 86 valence electrons. The normalized spacial score (nSPS) is 17.6. The van der Waals surface area contributed by atoms with Crippen molar-refractivity contribution in [3.63, 3.8) is 0 Å². The quantitative estimate of drug-likeness (QED) is 0.838. The van der Waals surface area contributed by atoms with Crippen LogP contribution in [-0.4, -0.2) is 14.2 Å². The molecule has 0 amide bonds. The number of hydrogen-bond acceptors (Lipinski definition) is 2. The van der Waals surface area contributed by atoms with Gasteiger partial charge in [0.15, 0.2) is 0 Å². The van der Waals surface area contributed by atoms with Crippen LogP contribution >= 0.6 is 0 Å². The fourth-order valence-corrected chi connectivity index (χ4v) is 2.87. The first kappa shape index (κ1) is 9.90. The molecule has 0 unspecified atom stereocenters. The molecule has 1 fully saturated rings. The van der Waals surface area contributed by atoms with Crippen LogP contribution in [0.25, 0.3) is 5.65 Å². The number of fused-ring (bicyclic) bond motifs is 1. The molecule has 2 heterocycles. The van der Waals surface area contributed by atoms with E-state index in [0.717, 1.165) is 5.69 Å². The topological polar surface area (TPSA) is 48.2 Å². The molecule has 0 aliphatic heterocycles. The number of imidazole rings is 1. The summed E-state index contributed by atoms with van der Waals surface area (Å²) in [5.41, 5.74) is 9.27. The second-order valence-corrected chi connectivity index (χ2v) is 4.68. The Morgan fingerprint density at radius 1 is 1.38 bits per heavy atom. The third-order valence-electron chi connectivity index (χ3n) is 3.72. The summed E-state index contributed by atoms with van der Waals surface area (Å²) in [6.45, 7) is 2.61.